The third-order valence-corrected chi connectivity index (χ3v) is 3.92. The van der Waals surface area contributed by atoms with Crippen LogP contribution in [0.1, 0.15) is 17.8 Å². The fraction of sp³-hybridized carbons (Fsp3) is 0.263. The Morgan fingerprint density at radius 1 is 1.12 bits per heavy atom. The van der Waals surface area contributed by atoms with E-state index in [-0.39, 0.29) is 5.82 Å². The van der Waals surface area contributed by atoms with Gasteiger partial charge in [-0.3, -0.25) is 4.99 Å². The molecule has 6 heteroatoms. The Hall–Kier alpha value is -2.89. The van der Waals surface area contributed by atoms with E-state index in [0.29, 0.717) is 6.54 Å². The average Bonchev–Trinajstić information content (AvgIpc) is 3.05. The van der Waals surface area contributed by atoms with Crippen LogP contribution in [0, 0.1) is 5.82 Å². The molecule has 1 aromatic heterocycles. The van der Waals surface area contributed by atoms with Gasteiger partial charge in [0.15, 0.2) is 5.96 Å². The van der Waals surface area contributed by atoms with Gasteiger partial charge in [0, 0.05) is 26.6 Å². The van der Waals surface area contributed by atoms with Crippen molar-refractivity contribution in [3.8, 4) is 0 Å². The van der Waals surface area contributed by atoms with Crippen LogP contribution in [0.4, 0.5) is 4.39 Å². The van der Waals surface area contributed by atoms with E-state index < -0.39 is 0 Å². The Labute approximate surface area is 146 Å². The van der Waals surface area contributed by atoms with Crippen molar-refractivity contribution in [3.05, 3.63) is 65.7 Å². The number of aromatic amines is 1. The van der Waals surface area contributed by atoms with Crippen molar-refractivity contribution >= 4 is 17.0 Å². The number of aromatic nitrogens is 2. The van der Waals surface area contributed by atoms with Crippen LogP contribution in [0.15, 0.2) is 53.5 Å². The first-order chi connectivity index (χ1) is 12.2. The normalized spacial score (nSPS) is 11.7. The molecule has 5 nitrogen and oxygen atoms in total. The highest BCUT2D eigenvalue weighted by atomic mass is 19.1. The van der Waals surface area contributed by atoms with E-state index >= 15 is 0 Å². The fourth-order valence-electron chi connectivity index (χ4n) is 2.60. The number of benzene rings is 2. The van der Waals surface area contributed by atoms with Crippen molar-refractivity contribution in [2.45, 2.75) is 19.4 Å². The number of halogens is 1. The van der Waals surface area contributed by atoms with Gasteiger partial charge in [-0.1, -0.05) is 24.3 Å². The standard InChI is InChI=1S/C19H22FN5/c1-21-19(23-13-14-8-10-15(20)11-9-14)22-12-4-7-18-24-16-5-2-3-6-17(16)25-18/h2-3,5-6,8-11H,4,7,12-13H2,1H3,(H,24,25)(H2,21,22,23). The zero-order valence-corrected chi connectivity index (χ0v) is 14.2. The first-order valence-corrected chi connectivity index (χ1v) is 8.37. The first kappa shape index (κ1) is 17.0. The van der Waals surface area contributed by atoms with Crippen LogP contribution in [0.3, 0.4) is 0 Å². The largest absolute Gasteiger partial charge is 0.356 e. The van der Waals surface area contributed by atoms with Crippen molar-refractivity contribution < 1.29 is 4.39 Å². The molecule has 0 unspecified atom stereocenters. The maximum absolute atomic E-state index is 12.9. The summed E-state index contributed by atoms with van der Waals surface area (Å²) in [6.45, 7) is 1.39. The first-order valence-electron chi connectivity index (χ1n) is 8.37. The number of hydrogen-bond acceptors (Lipinski definition) is 2. The van der Waals surface area contributed by atoms with E-state index in [0.717, 1.165) is 47.8 Å². The Morgan fingerprint density at radius 2 is 1.92 bits per heavy atom. The van der Waals surface area contributed by atoms with Gasteiger partial charge >= 0.3 is 0 Å². The highest BCUT2D eigenvalue weighted by Crippen LogP contribution is 2.11. The summed E-state index contributed by atoms with van der Waals surface area (Å²) >= 11 is 0. The van der Waals surface area contributed by atoms with Gasteiger partial charge in [-0.05, 0) is 36.2 Å². The lowest BCUT2D eigenvalue weighted by Gasteiger charge is -2.11. The Bertz CT molecular complexity index is 805. The molecule has 0 saturated heterocycles. The topological polar surface area (TPSA) is 65.1 Å². The van der Waals surface area contributed by atoms with Crippen LogP contribution < -0.4 is 10.6 Å². The van der Waals surface area contributed by atoms with Crippen LogP contribution in [0.25, 0.3) is 11.0 Å². The summed E-state index contributed by atoms with van der Waals surface area (Å²) in [5, 5.41) is 6.50. The smallest absolute Gasteiger partial charge is 0.191 e. The quantitative estimate of drug-likeness (QED) is 0.367. The van der Waals surface area contributed by atoms with Crippen LogP contribution >= 0.6 is 0 Å². The molecular weight excluding hydrogens is 317 g/mol. The Balaban J connectivity index is 1.41. The van der Waals surface area contributed by atoms with E-state index in [1.807, 2.05) is 24.3 Å². The summed E-state index contributed by atoms with van der Waals surface area (Å²) in [5.41, 5.74) is 3.08. The molecule has 3 rings (SSSR count). The predicted octanol–water partition coefficient (Wildman–Crippen LogP) is 3.00. The van der Waals surface area contributed by atoms with E-state index in [1.54, 1.807) is 19.2 Å². The molecule has 0 bridgehead atoms. The maximum Gasteiger partial charge on any atom is 0.191 e. The number of fused-ring (bicyclic) bond motifs is 1. The highest BCUT2D eigenvalue weighted by Gasteiger charge is 2.02. The van der Waals surface area contributed by atoms with Crippen molar-refractivity contribution in [1.29, 1.82) is 0 Å². The number of guanidine groups is 1. The van der Waals surface area contributed by atoms with Crippen molar-refractivity contribution in [1.82, 2.24) is 20.6 Å². The molecule has 2 aromatic carbocycles. The molecule has 3 aromatic rings. The third-order valence-electron chi connectivity index (χ3n) is 3.92. The molecule has 1 heterocycles. The number of H-pyrrole nitrogens is 1. The van der Waals surface area contributed by atoms with Crippen LogP contribution in [-0.2, 0) is 13.0 Å². The van der Waals surface area contributed by atoms with E-state index in [2.05, 4.69) is 25.6 Å². The summed E-state index contributed by atoms with van der Waals surface area (Å²) in [7, 11) is 1.74. The number of aliphatic imine (C=N–C) groups is 1. The maximum atomic E-state index is 12.9. The van der Waals surface area contributed by atoms with Gasteiger partial charge in [0.2, 0.25) is 0 Å². The van der Waals surface area contributed by atoms with Crippen LogP contribution in [-0.4, -0.2) is 29.5 Å². The van der Waals surface area contributed by atoms with E-state index in [1.165, 1.54) is 12.1 Å². The zero-order chi connectivity index (χ0) is 17.5. The van der Waals surface area contributed by atoms with Crippen molar-refractivity contribution in [3.63, 3.8) is 0 Å². The second-order valence-electron chi connectivity index (χ2n) is 5.78. The summed E-state index contributed by atoms with van der Waals surface area (Å²) < 4.78 is 12.9. The number of para-hydroxylation sites is 2. The second kappa shape index (κ2) is 8.28. The minimum Gasteiger partial charge on any atom is -0.356 e. The SMILES string of the molecule is CN=C(NCCCc1nc2ccccc2[nH]1)NCc1ccc(F)cc1. The fourth-order valence-corrected chi connectivity index (χ4v) is 2.60. The summed E-state index contributed by atoms with van der Waals surface area (Å²) in [4.78, 5) is 12.1. The number of nitrogens with one attached hydrogen (secondary N) is 3. The molecule has 0 atom stereocenters. The van der Waals surface area contributed by atoms with Gasteiger partial charge in [-0.2, -0.15) is 0 Å². The monoisotopic (exact) mass is 339 g/mol. The Kier molecular flexibility index (Phi) is 5.61. The van der Waals surface area contributed by atoms with Gasteiger partial charge in [-0.25, -0.2) is 9.37 Å². The Morgan fingerprint density at radius 3 is 2.68 bits per heavy atom. The summed E-state index contributed by atoms with van der Waals surface area (Å²) in [6, 6.07) is 14.5. The molecule has 3 N–H and O–H groups in total. The van der Waals surface area contributed by atoms with Crippen molar-refractivity contribution in [2.24, 2.45) is 4.99 Å². The molecule has 0 aliphatic rings. The van der Waals surface area contributed by atoms with Gasteiger partial charge in [0.25, 0.3) is 0 Å². The van der Waals surface area contributed by atoms with Gasteiger partial charge in [0.1, 0.15) is 11.6 Å². The molecule has 0 spiro atoms. The lowest BCUT2D eigenvalue weighted by molar-refractivity contribution is 0.626. The van der Waals surface area contributed by atoms with Crippen LogP contribution in [0.2, 0.25) is 0 Å². The number of rotatable bonds is 6. The summed E-state index contributed by atoms with van der Waals surface area (Å²) in [6.07, 6.45) is 1.81. The average molecular weight is 339 g/mol. The number of nitrogens with zero attached hydrogens (tertiary/aromatic N) is 2. The highest BCUT2D eigenvalue weighted by molar-refractivity contribution is 5.79. The molecule has 0 aliphatic heterocycles. The predicted molar refractivity (Wildman–Crippen MR) is 99.0 cm³/mol. The molecule has 0 amide bonds. The lowest BCUT2D eigenvalue weighted by Crippen LogP contribution is -2.37. The second-order valence-corrected chi connectivity index (χ2v) is 5.78. The van der Waals surface area contributed by atoms with Gasteiger partial charge in [-0.15, -0.1) is 0 Å². The van der Waals surface area contributed by atoms with Gasteiger partial charge in [0.05, 0.1) is 11.0 Å². The molecular formula is C19H22FN5. The molecule has 0 saturated carbocycles. The van der Waals surface area contributed by atoms with E-state index in [4.69, 9.17) is 0 Å². The lowest BCUT2D eigenvalue weighted by atomic mass is 10.2. The van der Waals surface area contributed by atoms with Crippen LogP contribution in [0.5, 0.6) is 0 Å². The summed E-state index contributed by atoms with van der Waals surface area (Å²) in [5.74, 6) is 1.50. The third kappa shape index (κ3) is 4.79. The minimum atomic E-state index is -0.225. The molecule has 25 heavy (non-hydrogen) atoms. The molecule has 0 aliphatic carbocycles. The minimum absolute atomic E-state index is 0.225. The van der Waals surface area contributed by atoms with Gasteiger partial charge < -0.3 is 15.6 Å². The number of aryl methyl sites for hydroxylation is 1. The zero-order valence-electron chi connectivity index (χ0n) is 14.2. The number of hydrogen-bond donors (Lipinski definition) is 3. The molecule has 0 radical (unpaired) electrons. The van der Waals surface area contributed by atoms with Crippen molar-refractivity contribution in [2.75, 3.05) is 13.6 Å². The molecule has 0 fully saturated rings. The number of imidazole rings is 1. The van der Waals surface area contributed by atoms with E-state index in [9.17, 15) is 4.39 Å². The molecule has 130 valence electrons.